The smallest absolute Gasteiger partial charge is 0.311 e. The minimum Gasteiger partial charge on any atom is -0.481 e. The third-order valence-electron chi connectivity index (χ3n) is 2.49. The Morgan fingerprint density at radius 1 is 1.70 bits per heavy atom. The molecule has 1 saturated carbocycles. The van der Waals surface area contributed by atoms with E-state index >= 15 is 0 Å². The van der Waals surface area contributed by atoms with Crippen LogP contribution in [0.2, 0.25) is 0 Å². The molecule has 0 amide bonds. The van der Waals surface area contributed by atoms with Gasteiger partial charge in [-0.1, -0.05) is 0 Å². The zero-order chi connectivity index (χ0) is 6.48. The molecule has 2 fully saturated rings. The van der Waals surface area contributed by atoms with Gasteiger partial charge in [0.2, 0.25) is 0 Å². The normalized spacial score (nSPS) is 41.8. The number of halogens is 1. The number of rotatable bonds is 1. The Hall–Kier alpha value is -0.280. The van der Waals surface area contributed by atoms with Crippen LogP contribution in [0.5, 0.6) is 0 Å². The summed E-state index contributed by atoms with van der Waals surface area (Å²) in [4.78, 5) is 10.5. The van der Waals surface area contributed by atoms with E-state index in [0.717, 1.165) is 13.0 Å². The first-order chi connectivity index (χ1) is 4.26. The van der Waals surface area contributed by atoms with Crippen LogP contribution in [0.15, 0.2) is 0 Å². The van der Waals surface area contributed by atoms with E-state index in [9.17, 15) is 4.79 Å². The highest BCUT2D eigenvalue weighted by molar-refractivity contribution is 5.85. The molecule has 1 aliphatic carbocycles. The van der Waals surface area contributed by atoms with E-state index < -0.39 is 5.97 Å². The highest BCUT2D eigenvalue weighted by Gasteiger charge is 2.62. The molecule has 58 valence electrons. The van der Waals surface area contributed by atoms with Crippen LogP contribution in [0.3, 0.4) is 0 Å². The minimum atomic E-state index is -0.613. The fourth-order valence-corrected chi connectivity index (χ4v) is 1.67. The Morgan fingerprint density at radius 2 is 2.40 bits per heavy atom. The van der Waals surface area contributed by atoms with Gasteiger partial charge in [-0.3, -0.25) is 4.79 Å². The van der Waals surface area contributed by atoms with Crippen molar-refractivity contribution in [3.05, 3.63) is 0 Å². The van der Waals surface area contributed by atoms with Crippen LogP contribution in [0, 0.1) is 11.3 Å². The van der Waals surface area contributed by atoms with Crippen molar-refractivity contribution in [2.75, 3.05) is 13.1 Å². The topological polar surface area (TPSA) is 49.3 Å². The van der Waals surface area contributed by atoms with Gasteiger partial charge in [-0.15, -0.1) is 12.4 Å². The van der Waals surface area contributed by atoms with Gasteiger partial charge in [0.15, 0.2) is 0 Å². The highest BCUT2D eigenvalue weighted by atomic mass is 35.5. The molecule has 0 aromatic carbocycles. The molecule has 0 bridgehead atoms. The molecule has 1 saturated heterocycles. The van der Waals surface area contributed by atoms with Gasteiger partial charge in [-0.05, 0) is 18.9 Å². The summed E-state index contributed by atoms with van der Waals surface area (Å²) in [6.07, 6.45) is 0.898. The summed E-state index contributed by atoms with van der Waals surface area (Å²) in [6, 6.07) is 0. The van der Waals surface area contributed by atoms with Crippen LogP contribution >= 0.6 is 12.4 Å². The van der Waals surface area contributed by atoms with Crippen molar-refractivity contribution in [1.29, 1.82) is 0 Å². The number of carbonyl (C=O) groups is 1. The molecule has 0 aromatic heterocycles. The van der Waals surface area contributed by atoms with Gasteiger partial charge in [-0.25, -0.2) is 0 Å². The van der Waals surface area contributed by atoms with Crippen molar-refractivity contribution in [3.63, 3.8) is 0 Å². The van der Waals surface area contributed by atoms with Crippen LogP contribution in [-0.2, 0) is 4.79 Å². The third kappa shape index (κ3) is 0.739. The lowest BCUT2D eigenvalue weighted by Crippen LogP contribution is -2.23. The van der Waals surface area contributed by atoms with E-state index in [4.69, 9.17) is 5.11 Å². The van der Waals surface area contributed by atoms with Crippen molar-refractivity contribution in [1.82, 2.24) is 5.32 Å². The first-order valence-electron chi connectivity index (χ1n) is 3.20. The van der Waals surface area contributed by atoms with Crippen LogP contribution in [0.4, 0.5) is 0 Å². The Morgan fingerprint density at radius 3 is 2.60 bits per heavy atom. The molecular formula is C6H10ClNO2. The first-order valence-corrected chi connectivity index (χ1v) is 3.20. The van der Waals surface area contributed by atoms with Gasteiger partial charge in [0.1, 0.15) is 0 Å². The summed E-state index contributed by atoms with van der Waals surface area (Å²) in [5.41, 5.74) is -0.333. The predicted molar refractivity (Wildman–Crippen MR) is 38.3 cm³/mol. The number of carboxylic acids is 1. The van der Waals surface area contributed by atoms with E-state index in [-0.39, 0.29) is 17.8 Å². The van der Waals surface area contributed by atoms with Gasteiger partial charge in [0, 0.05) is 6.54 Å². The highest BCUT2D eigenvalue weighted by Crippen LogP contribution is 2.54. The van der Waals surface area contributed by atoms with E-state index in [2.05, 4.69) is 5.32 Å². The number of aliphatic carboxylic acids is 1. The van der Waals surface area contributed by atoms with Gasteiger partial charge >= 0.3 is 5.97 Å². The maximum absolute atomic E-state index is 10.5. The number of piperidine rings is 1. The maximum atomic E-state index is 10.5. The summed E-state index contributed by atoms with van der Waals surface area (Å²) in [5.74, 6) is -0.174. The summed E-state index contributed by atoms with van der Waals surface area (Å²) < 4.78 is 0. The molecule has 4 heteroatoms. The fraction of sp³-hybridized carbons (Fsp3) is 0.833. The lowest BCUT2D eigenvalue weighted by atomic mass is 10.1. The number of carboxylic acid groups (broad SMARTS) is 1. The van der Waals surface area contributed by atoms with Crippen molar-refractivity contribution < 1.29 is 9.90 Å². The molecule has 2 aliphatic rings. The third-order valence-corrected chi connectivity index (χ3v) is 2.49. The molecule has 2 rings (SSSR count). The van der Waals surface area contributed by atoms with Crippen molar-refractivity contribution in [2.24, 2.45) is 11.3 Å². The average Bonchev–Trinajstić information content (AvgIpc) is 2.38. The molecule has 0 radical (unpaired) electrons. The summed E-state index contributed by atoms with van der Waals surface area (Å²) in [7, 11) is 0. The lowest BCUT2D eigenvalue weighted by molar-refractivity contribution is -0.143. The van der Waals surface area contributed by atoms with Crippen LogP contribution in [0.25, 0.3) is 0 Å². The average molecular weight is 164 g/mol. The van der Waals surface area contributed by atoms with Gasteiger partial charge in [-0.2, -0.15) is 0 Å². The second-order valence-electron chi connectivity index (χ2n) is 2.99. The van der Waals surface area contributed by atoms with Crippen molar-refractivity contribution >= 4 is 18.4 Å². The molecule has 3 nitrogen and oxygen atoms in total. The number of fused-ring (bicyclic) bond motifs is 1. The Labute approximate surface area is 65.2 Å². The standard InChI is InChI=1S/C6H9NO2.ClH/c8-5(9)6-1-4(6)2-7-3-6;/h4,7H,1-3H2,(H,8,9);1H. The quantitative estimate of drug-likeness (QED) is 0.577. The van der Waals surface area contributed by atoms with Gasteiger partial charge < -0.3 is 10.4 Å². The molecule has 2 atom stereocenters. The second-order valence-corrected chi connectivity index (χ2v) is 2.99. The van der Waals surface area contributed by atoms with E-state index in [1.807, 2.05) is 0 Å². The molecule has 2 unspecified atom stereocenters. The lowest BCUT2D eigenvalue weighted by Gasteiger charge is -2.01. The molecule has 0 spiro atoms. The summed E-state index contributed by atoms with van der Waals surface area (Å²) in [5, 5.41) is 11.7. The minimum absolute atomic E-state index is 0. The summed E-state index contributed by atoms with van der Waals surface area (Å²) >= 11 is 0. The van der Waals surface area contributed by atoms with E-state index in [0.29, 0.717) is 12.5 Å². The second kappa shape index (κ2) is 2.10. The molecule has 1 aliphatic heterocycles. The predicted octanol–water partition coefficient (Wildman–Crippen LogP) is 0.102. The van der Waals surface area contributed by atoms with Gasteiger partial charge in [0.05, 0.1) is 5.41 Å². The molecule has 1 heterocycles. The SMILES string of the molecule is Cl.O=C(O)C12CNCC1C2. The number of hydrogen-bond donors (Lipinski definition) is 2. The Balaban J connectivity index is 0.000000500. The molecule has 10 heavy (non-hydrogen) atoms. The first kappa shape index (κ1) is 7.82. The van der Waals surface area contributed by atoms with Gasteiger partial charge in [0.25, 0.3) is 0 Å². The van der Waals surface area contributed by atoms with Crippen molar-refractivity contribution in [2.45, 2.75) is 6.42 Å². The molecular weight excluding hydrogens is 154 g/mol. The largest absolute Gasteiger partial charge is 0.481 e. The maximum Gasteiger partial charge on any atom is 0.311 e. The summed E-state index contributed by atoms with van der Waals surface area (Å²) in [6.45, 7) is 1.60. The van der Waals surface area contributed by atoms with Crippen LogP contribution < -0.4 is 5.32 Å². The Kier molecular flexibility index (Phi) is 1.65. The van der Waals surface area contributed by atoms with E-state index in [1.54, 1.807) is 0 Å². The number of hydrogen-bond acceptors (Lipinski definition) is 2. The zero-order valence-electron chi connectivity index (χ0n) is 5.46. The Bertz CT molecular complexity index is 173. The fourth-order valence-electron chi connectivity index (χ4n) is 1.67. The number of nitrogens with one attached hydrogen (secondary N) is 1. The van der Waals surface area contributed by atoms with Crippen molar-refractivity contribution in [3.8, 4) is 0 Å². The van der Waals surface area contributed by atoms with E-state index in [1.165, 1.54) is 0 Å². The van der Waals surface area contributed by atoms with Crippen LogP contribution in [0.1, 0.15) is 6.42 Å². The zero-order valence-corrected chi connectivity index (χ0v) is 6.28. The van der Waals surface area contributed by atoms with Crippen LogP contribution in [-0.4, -0.2) is 24.2 Å². The monoisotopic (exact) mass is 163 g/mol. The molecule has 2 N–H and O–H groups in total. The molecule has 0 aromatic rings.